The topological polar surface area (TPSA) is 30.7 Å². The maximum Gasteiger partial charge on any atom is 0.0774 e. The number of fused-ring (bicyclic) bond motifs is 7. The summed E-state index contributed by atoms with van der Waals surface area (Å²) in [6, 6.07) is 52.0. The number of para-hydroxylation sites is 2. The quantitative estimate of drug-likeness (QED) is 0.131. The summed E-state index contributed by atoms with van der Waals surface area (Å²) < 4.78 is 69.2. The molecule has 0 saturated heterocycles. The molecule has 0 bridgehead atoms. The predicted molar refractivity (Wildman–Crippen MR) is 201 cm³/mol. The number of hydrogen-bond donors (Lipinski definition) is 0. The predicted octanol–water partition coefficient (Wildman–Crippen LogP) is 11.4. The molecule has 3 nitrogen and oxygen atoms in total. The molecular weight excluding hydrogens is 775 g/mol. The number of benzene rings is 7. The Hall–Kier alpha value is -5.41. The van der Waals surface area contributed by atoms with Crippen LogP contribution in [0, 0.1) is 32.7 Å². The van der Waals surface area contributed by atoms with E-state index in [0.29, 0.717) is 5.56 Å². The number of pyridine rings is 1. The number of aryl methyl sites for hydroxylation is 3. The van der Waals surface area contributed by atoms with Crippen molar-refractivity contribution in [2.24, 2.45) is 0 Å². The van der Waals surface area contributed by atoms with Gasteiger partial charge in [0.25, 0.3) is 0 Å². The molecule has 0 aliphatic rings. The molecule has 9 rings (SSSR count). The molecule has 0 aliphatic heterocycles. The van der Waals surface area contributed by atoms with E-state index in [9.17, 15) is 0 Å². The van der Waals surface area contributed by atoms with Crippen molar-refractivity contribution in [1.29, 1.82) is 0 Å². The normalized spacial score (nSPS) is 14.5. The van der Waals surface area contributed by atoms with Gasteiger partial charge >= 0.3 is 0 Å². The molecule has 49 heavy (non-hydrogen) atoms. The molecule has 0 unspecified atom stereocenters. The summed E-state index contributed by atoms with van der Waals surface area (Å²) in [4.78, 5) is 8.98. The summed E-state index contributed by atoms with van der Waals surface area (Å²) in [5.74, 6) is 0.904. The van der Waals surface area contributed by atoms with Crippen molar-refractivity contribution in [3.63, 3.8) is 0 Å². The molecule has 0 aliphatic carbocycles. The van der Waals surface area contributed by atoms with Crippen LogP contribution in [-0.2, 0) is 20.1 Å². The fourth-order valence-electron chi connectivity index (χ4n) is 6.22. The molecule has 0 fully saturated rings. The largest absolute Gasteiger partial charge is 0.333 e. The third kappa shape index (κ3) is 6.06. The van der Waals surface area contributed by atoms with E-state index in [1.165, 1.54) is 56.6 Å². The Morgan fingerprint density at radius 1 is 0.592 bits per heavy atom. The maximum absolute atomic E-state index is 7.54. The third-order valence-corrected chi connectivity index (χ3v) is 8.49. The molecule has 9 aromatic rings. The Bertz CT molecular complexity index is 2880. The second-order valence-corrected chi connectivity index (χ2v) is 11.5. The number of imidazole rings is 1. The van der Waals surface area contributed by atoms with Gasteiger partial charge in [0, 0.05) is 44.3 Å². The SMILES string of the molecule is [2H]C([2H])([2H])c1c[c-]c(-c2cc(C([2H])([2H])[2H])c(C([2H])([2H])[2H])cn2)cc1.[Ir].[c-]1ccccc1-c1nc2ccccc2n1-c1ccc2c3ccccc3c3ccccc3c2c1. The number of aromatic nitrogens is 3. The zero-order valence-electron chi connectivity index (χ0n) is 35.0. The molecular formula is C45H33IrN3-2. The zero-order chi connectivity index (χ0) is 40.1. The van der Waals surface area contributed by atoms with Gasteiger partial charge in [0.2, 0.25) is 0 Å². The molecule has 2 heterocycles. The van der Waals surface area contributed by atoms with Crippen molar-refractivity contribution in [3.05, 3.63) is 175 Å². The van der Waals surface area contributed by atoms with Crippen LogP contribution in [0.15, 0.2) is 146 Å². The first-order valence-electron chi connectivity index (χ1n) is 20.0. The molecule has 0 N–H and O–H groups in total. The van der Waals surface area contributed by atoms with Crippen LogP contribution in [0.4, 0.5) is 0 Å². The average Bonchev–Trinajstić information content (AvgIpc) is 3.60. The third-order valence-electron chi connectivity index (χ3n) is 8.49. The van der Waals surface area contributed by atoms with E-state index in [4.69, 9.17) is 17.3 Å². The van der Waals surface area contributed by atoms with Gasteiger partial charge in [-0.05, 0) is 81.5 Å². The van der Waals surface area contributed by atoms with Crippen LogP contribution < -0.4 is 0 Å². The molecule has 2 aromatic heterocycles. The van der Waals surface area contributed by atoms with Crippen LogP contribution in [0.1, 0.15) is 29.0 Å². The molecule has 7 aromatic carbocycles. The van der Waals surface area contributed by atoms with Crippen LogP contribution in [0.3, 0.4) is 0 Å². The van der Waals surface area contributed by atoms with Crippen LogP contribution in [0.25, 0.3) is 71.7 Å². The van der Waals surface area contributed by atoms with Gasteiger partial charge in [0.05, 0.1) is 16.9 Å². The van der Waals surface area contributed by atoms with Crippen molar-refractivity contribution in [1.82, 2.24) is 14.5 Å². The van der Waals surface area contributed by atoms with E-state index in [2.05, 4.69) is 113 Å². The van der Waals surface area contributed by atoms with Crippen molar-refractivity contribution in [2.45, 2.75) is 20.6 Å². The van der Waals surface area contributed by atoms with E-state index in [1.54, 1.807) is 0 Å². The monoisotopic (exact) mass is 817 g/mol. The summed E-state index contributed by atoms with van der Waals surface area (Å²) in [5, 5.41) is 7.65. The summed E-state index contributed by atoms with van der Waals surface area (Å²) >= 11 is 0. The van der Waals surface area contributed by atoms with Gasteiger partial charge in [0.15, 0.2) is 0 Å². The smallest absolute Gasteiger partial charge is 0.0774 e. The first-order chi connectivity index (χ1) is 27.2. The molecule has 0 saturated carbocycles. The summed E-state index contributed by atoms with van der Waals surface area (Å²) in [7, 11) is 0. The van der Waals surface area contributed by atoms with Crippen LogP contribution >= 0.6 is 0 Å². The van der Waals surface area contributed by atoms with E-state index < -0.39 is 20.6 Å². The molecule has 1 radical (unpaired) electrons. The van der Waals surface area contributed by atoms with Crippen molar-refractivity contribution >= 4 is 43.4 Å². The van der Waals surface area contributed by atoms with E-state index >= 15 is 0 Å². The van der Waals surface area contributed by atoms with Gasteiger partial charge in [-0.15, -0.1) is 71.3 Å². The standard InChI is InChI=1S/C31H19N2.C14H14N.Ir/c1-2-10-21(11-3-1)31-32-29-16-8-9-17-30(29)33(31)22-18-19-27-25-14-5-4-12-23(25)24-13-6-7-15-26(24)28(27)20-22;1-10-4-6-13(7-5-10)14-8-11(2)12(3)9-15-14;/h1-10,12-20H;4-6,8-9H,1-3H3;/q2*-1;/i;1D3,2D3,3D3;. The van der Waals surface area contributed by atoms with E-state index in [1.807, 2.05) is 24.3 Å². The van der Waals surface area contributed by atoms with Crippen LogP contribution in [0.5, 0.6) is 0 Å². The average molecular weight is 817 g/mol. The second kappa shape index (κ2) is 13.6. The van der Waals surface area contributed by atoms with Crippen molar-refractivity contribution in [2.75, 3.05) is 0 Å². The Balaban J connectivity index is 0.000000184. The zero-order valence-corrected chi connectivity index (χ0v) is 28.4. The van der Waals surface area contributed by atoms with Gasteiger partial charge < -0.3 is 9.55 Å². The fraction of sp³-hybridized carbons (Fsp3) is 0.0667. The maximum atomic E-state index is 7.54. The van der Waals surface area contributed by atoms with E-state index in [-0.39, 0.29) is 42.5 Å². The second-order valence-electron chi connectivity index (χ2n) is 11.5. The Kier molecular flexibility index (Phi) is 6.39. The molecule has 0 amide bonds. The summed E-state index contributed by atoms with van der Waals surface area (Å²) in [5.41, 5.74) is 4.22. The van der Waals surface area contributed by atoms with Crippen molar-refractivity contribution < 1.29 is 32.4 Å². The van der Waals surface area contributed by atoms with Crippen molar-refractivity contribution in [3.8, 4) is 28.3 Å². The summed E-state index contributed by atoms with van der Waals surface area (Å²) in [6.45, 7) is -7.47. The number of nitrogens with zero attached hydrogens (tertiary/aromatic N) is 3. The van der Waals surface area contributed by atoms with Crippen LogP contribution in [0.2, 0.25) is 0 Å². The first kappa shape index (κ1) is 23.0. The minimum Gasteiger partial charge on any atom is -0.333 e. The Morgan fingerprint density at radius 2 is 1.29 bits per heavy atom. The van der Waals surface area contributed by atoms with Gasteiger partial charge in [-0.2, -0.15) is 0 Å². The number of hydrogen-bond acceptors (Lipinski definition) is 2. The fourth-order valence-corrected chi connectivity index (χ4v) is 6.22. The van der Waals surface area contributed by atoms with Gasteiger partial charge in [-0.25, -0.2) is 0 Å². The van der Waals surface area contributed by atoms with Gasteiger partial charge in [-0.1, -0.05) is 85.2 Å². The first-order valence-corrected chi connectivity index (χ1v) is 15.5. The van der Waals surface area contributed by atoms with Gasteiger partial charge in [0.1, 0.15) is 0 Å². The molecule has 0 spiro atoms. The summed E-state index contributed by atoms with van der Waals surface area (Å²) in [6.07, 6.45) is 1.02. The minimum absolute atomic E-state index is 0. The number of rotatable bonds is 3. The van der Waals surface area contributed by atoms with E-state index in [0.717, 1.165) is 34.3 Å². The van der Waals surface area contributed by atoms with Gasteiger partial charge in [-0.3, -0.25) is 4.98 Å². The van der Waals surface area contributed by atoms with Crippen LogP contribution in [-0.4, -0.2) is 14.5 Å². The minimum atomic E-state index is -2.61. The molecule has 4 heteroatoms. The molecule has 0 atom stereocenters. The molecule has 239 valence electrons. The Morgan fingerprint density at radius 3 is 1.96 bits per heavy atom. The Labute approximate surface area is 312 Å².